The van der Waals surface area contributed by atoms with Gasteiger partial charge in [0.05, 0.1) is 18.3 Å². The van der Waals surface area contributed by atoms with Gasteiger partial charge in [-0.2, -0.15) is 5.10 Å². The van der Waals surface area contributed by atoms with Crippen LogP contribution in [0.15, 0.2) is 36.5 Å². The number of likely N-dealkylation sites (tertiary alicyclic amines) is 1. The molecule has 0 bridgehead atoms. The first-order valence-corrected chi connectivity index (χ1v) is 8.54. The van der Waals surface area contributed by atoms with Gasteiger partial charge in [-0.3, -0.25) is 5.10 Å². The molecule has 24 heavy (non-hydrogen) atoms. The maximum atomic E-state index is 12.5. The van der Waals surface area contributed by atoms with Crippen LogP contribution >= 0.6 is 11.6 Å². The molecular formula is C17H21ClN4O2. The van der Waals surface area contributed by atoms with Crippen LogP contribution in [-0.4, -0.2) is 40.8 Å². The van der Waals surface area contributed by atoms with Gasteiger partial charge in [-0.25, -0.2) is 4.79 Å². The quantitative estimate of drug-likeness (QED) is 0.814. The molecule has 1 atom stereocenters. The summed E-state index contributed by atoms with van der Waals surface area (Å²) in [4.78, 5) is 14.3. The number of halogens is 1. The molecule has 1 saturated heterocycles. The molecule has 0 spiro atoms. The van der Waals surface area contributed by atoms with Crippen LogP contribution in [-0.2, 0) is 0 Å². The smallest absolute Gasteiger partial charge is 0.318 e. The Bertz CT molecular complexity index is 662. The Morgan fingerprint density at radius 1 is 1.42 bits per heavy atom. The normalized spacial score (nSPS) is 17.5. The zero-order valence-electron chi connectivity index (χ0n) is 13.4. The summed E-state index contributed by atoms with van der Waals surface area (Å²) in [7, 11) is 0. The van der Waals surface area contributed by atoms with Gasteiger partial charge >= 0.3 is 6.03 Å². The van der Waals surface area contributed by atoms with Crippen LogP contribution in [0.3, 0.4) is 0 Å². The van der Waals surface area contributed by atoms with Crippen molar-refractivity contribution in [3.8, 4) is 5.75 Å². The number of nitrogens with one attached hydrogen (secondary N) is 2. The van der Waals surface area contributed by atoms with Gasteiger partial charge in [0.15, 0.2) is 0 Å². The highest BCUT2D eigenvalue weighted by Crippen LogP contribution is 2.29. The topological polar surface area (TPSA) is 70.2 Å². The summed E-state index contributed by atoms with van der Waals surface area (Å²) in [6, 6.07) is 9.15. The number of rotatable bonds is 5. The van der Waals surface area contributed by atoms with E-state index in [4.69, 9.17) is 16.3 Å². The van der Waals surface area contributed by atoms with Gasteiger partial charge in [-0.15, -0.1) is 0 Å². The molecule has 2 amide bonds. The second-order valence-corrected chi connectivity index (χ2v) is 6.19. The Kier molecular flexibility index (Phi) is 5.59. The van der Waals surface area contributed by atoms with Gasteiger partial charge in [0.2, 0.25) is 0 Å². The number of urea groups is 1. The first-order chi connectivity index (χ1) is 11.7. The fourth-order valence-corrected chi connectivity index (χ4v) is 3.12. The van der Waals surface area contributed by atoms with E-state index in [2.05, 4.69) is 15.5 Å². The van der Waals surface area contributed by atoms with Crippen molar-refractivity contribution < 1.29 is 9.53 Å². The maximum absolute atomic E-state index is 12.5. The number of nitrogens with zero attached hydrogens (tertiary/aromatic N) is 2. The van der Waals surface area contributed by atoms with E-state index in [1.807, 2.05) is 23.1 Å². The van der Waals surface area contributed by atoms with Crippen LogP contribution < -0.4 is 10.1 Å². The van der Waals surface area contributed by atoms with Gasteiger partial charge in [0, 0.05) is 17.8 Å². The molecule has 1 aromatic carbocycles. The number of amides is 2. The fourth-order valence-electron chi connectivity index (χ4n) is 2.94. The Balaban J connectivity index is 1.48. The predicted octanol–water partition coefficient (Wildman–Crippen LogP) is 3.38. The minimum atomic E-state index is -0.0657. The van der Waals surface area contributed by atoms with Gasteiger partial charge in [0.1, 0.15) is 12.4 Å². The lowest BCUT2D eigenvalue weighted by molar-refractivity contribution is 0.148. The van der Waals surface area contributed by atoms with Crippen LogP contribution in [0, 0.1) is 0 Å². The minimum Gasteiger partial charge on any atom is -0.492 e. The van der Waals surface area contributed by atoms with Crippen molar-refractivity contribution in [1.82, 2.24) is 20.4 Å². The number of hydrogen-bond donors (Lipinski definition) is 2. The lowest BCUT2D eigenvalue weighted by Gasteiger charge is -2.35. The van der Waals surface area contributed by atoms with Gasteiger partial charge in [-0.1, -0.05) is 17.7 Å². The number of ether oxygens (including phenoxy) is 1. The summed E-state index contributed by atoms with van der Waals surface area (Å²) in [5, 5.41) is 10.5. The zero-order chi connectivity index (χ0) is 16.8. The van der Waals surface area contributed by atoms with E-state index in [-0.39, 0.29) is 12.1 Å². The predicted molar refractivity (Wildman–Crippen MR) is 92.2 cm³/mol. The Morgan fingerprint density at radius 2 is 2.33 bits per heavy atom. The van der Waals surface area contributed by atoms with Crippen LogP contribution in [0.4, 0.5) is 4.79 Å². The first kappa shape index (κ1) is 16.6. The van der Waals surface area contributed by atoms with Gasteiger partial charge < -0.3 is 15.0 Å². The molecule has 0 saturated carbocycles. The number of carbonyl (C=O) groups is 1. The average molecular weight is 349 g/mol. The number of piperidine rings is 1. The molecule has 1 aliphatic rings. The molecule has 1 unspecified atom stereocenters. The van der Waals surface area contributed by atoms with E-state index in [0.29, 0.717) is 23.9 Å². The lowest BCUT2D eigenvalue weighted by atomic mass is 10.00. The highest BCUT2D eigenvalue weighted by molar-refractivity contribution is 6.30. The molecule has 128 valence electrons. The maximum Gasteiger partial charge on any atom is 0.318 e. The van der Waals surface area contributed by atoms with Crippen LogP contribution in [0.5, 0.6) is 5.75 Å². The Morgan fingerprint density at radius 3 is 3.12 bits per heavy atom. The number of aromatic amines is 1. The summed E-state index contributed by atoms with van der Waals surface area (Å²) in [5.41, 5.74) is 0.986. The van der Waals surface area contributed by atoms with Crippen molar-refractivity contribution >= 4 is 17.6 Å². The third-order valence-corrected chi connectivity index (χ3v) is 4.32. The monoisotopic (exact) mass is 348 g/mol. The lowest BCUT2D eigenvalue weighted by Crippen LogP contribution is -2.45. The van der Waals surface area contributed by atoms with Gasteiger partial charge in [0.25, 0.3) is 0 Å². The van der Waals surface area contributed by atoms with E-state index in [0.717, 1.165) is 31.5 Å². The van der Waals surface area contributed by atoms with Crippen LogP contribution in [0.25, 0.3) is 0 Å². The van der Waals surface area contributed by atoms with E-state index >= 15 is 0 Å². The van der Waals surface area contributed by atoms with Crippen molar-refractivity contribution in [3.63, 3.8) is 0 Å². The summed E-state index contributed by atoms with van der Waals surface area (Å²) in [6.45, 7) is 1.59. The van der Waals surface area contributed by atoms with Crippen molar-refractivity contribution in [3.05, 3.63) is 47.2 Å². The molecule has 1 fully saturated rings. The zero-order valence-corrected chi connectivity index (χ0v) is 14.1. The van der Waals surface area contributed by atoms with E-state index in [1.54, 1.807) is 18.3 Å². The molecule has 0 aliphatic carbocycles. The average Bonchev–Trinajstić information content (AvgIpc) is 3.13. The third kappa shape index (κ3) is 4.20. The molecule has 2 heterocycles. The molecule has 0 radical (unpaired) electrons. The Hall–Kier alpha value is -2.21. The van der Waals surface area contributed by atoms with Crippen molar-refractivity contribution in [2.45, 2.75) is 25.3 Å². The molecule has 6 nitrogen and oxygen atoms in total. The van der Waals surface area contributed by atoms with Crippen LogP contribution in [0.1, 0.15) is 31.0 Å². The number of carbonyl (C=O) groups excluding carboxylic acids is 1. The molecule has 2 aromatic rings. The number of aromatic nitrogens is 2. The SMILES string of the molecule is O=C(NCCOc1cccc(Cl)c1)N1CCCCC1c1ccn[nH]1. The number of benzene rings is 1. The van der Waals surface area contributed by atoms with E-state index in [9.17, 15) is 4.79 Å². The van der Waals surface area contributed by atoms with E-state index < -0.39 is 0 Å². The summed E-state index contributed by atoms with van der Waals surface area (Å²) in [6.07, 6.45) is 4.82. The second kappa shape index (κ2) is 8.06. The summed E-state index contributed by atoms with van der Waals surface area (Å²) < 4.78 is 5.59. The molecule has 7 heteroatoms. The van der Waals surface area contributed by atoms with Crippen molar-refractivity contribution in [1.29, 1.82) is 0 Å². The standard InChI is InChI=1S/C17H21ClN4O2/c18-13-4-3-5-14(12-13)24-11-9-19-17(23)22-10-2-1-6-16(22)15-7-8-20-21-15/h3-5,7-8,12,16H,1-2,6,9-11H2,(H,19,23)(H,20,21). The molecule has 2 N–H and O–H groups in total. The molecule has 3 rings (SSSR count). The molecular weight excluding hydrogens is 328 g/mol. The number of hydrogen-bond acceptors (Lipinski definition) is 3. The third-order valence-electron chi connectivity index (χ3n) is 4.09. The van der Waals surface area contributed by atoms with Gasteiger partial charge in [-0.05, 0) is 43.5 Å². The second-order valence-electron chi connectivity index (χ2n) is 5.75. The number of H-pyrrole nitrogens is 1. The highest BCUT2D eigenvalue weighted by Gasteiger charge is 2.28. The highest BCUT2D eigenvalue weighted by atomic mass is 35.5. The molecule has 1 aromatic heterocycles. The molecule has 1 aliphatic heterocycles. The summed E-state index contributed by atoms with van der Waals surface area (Å²) in [5.74, 6) is 0.699. The summed E-state index contributed by atoms with van der Waals surface area (Å²) >= 11 is 5.91. The largest absolute Gasteiger partial charge is 0.492 e. The van der Waals surface area contributed by atoms with Crippen LogP contribution in [0.2, 0.25) is 5.02 Å². The van der Waals surface area contributed by atoms with E-state index in [1.165, 1.54) is 0 Å². The minimum absolute atomic E-state index is 0.0649. The first-order valence-electron chi connectivity index (χ1n) is 8.16. The van der Waals surface area contributed by atoms with Crippen molar-refractivity contribution in [2.24, 2.45) is 0 Å². The fraction of sp³-hybridized carbons (Fsp3) is 0.412. The van der Waals surface area contributed by atoms with Crippen molar-refractivity contribution in [2.75, 3.05) is 19.7 Å². The Labute approximate surface area is 146 Å².